The Morgan fingerprint density at radius 2 is 1.94 bits per heavy atom. The molecule has 0 saturated heterocycles. The van der Waals surface area contributed by atoms with Crippen LogP contribution in [0.15, 0.2) is 30.5 Å². The zero-order chi connectivity index (χ0) is 11.7. The second-order valence-electron chi connectivity index (χ2n) is 3.59. The van der Waals surface area contributed by atoms with Gasteiger partial charge in [0.05, 0.1) is 6.20 Å². The molecule has 0 aliphatic heterocycles. The smallest absolute Gasteiger partial charge is 0.211 e. The van der Waals surface area contributed by atoms with E-state index in [1.807, 2.05) is 14.0 Å². The lowest BCUT2D eigenvalue weighted by Crippen LogP contribution is -2.07. The third-order valence-corrected chi connectivity index (χ3v) is 2.81. The molecule has 3 nitrogen and oxygen atoms in total. The van der Waals surface area contributed by atoms with Crippen LogP contribution >= 0.6 is 11.6 Å². The number of aryl methyl sites for hydroxylation is 1. The first kappa shape index (κ1) is 10.9. The van der Waals surface area contributed by atoms with Crippen molar-refractivity contribution in [3.63, 3.8) is 0 Å². The molecule has 0 aliphatic carbocycles. The Kier molecular flexibility index (Phi) is 2.79. The Morgan fingerprint density at radius 1 is 1.31 bits per heavy atom. The molecule has 0 spiro atoms. The average Bonchev–Trinajstić information content (AvgIpc) is 2.60. The van der Waals surface area contributed by atoms with Crippen LogP contribution in [0.3, 0.4) is 0 Å². The van der Waals surface area contributed by atoms with Crippen molar-refractivity contribution in [1.82, 2.24) is 9.55 Å². The summed E-state index contributed by atoms with van der Waals surface area (Å²) in [6.45, 7) is 1.86. The van der Waals surface area contributed by atoms with Gasteiger partial charge in [0.2, 0.25) is 5.78 Å². The second-order valence-corrected chi connectivity index (χ2v) is 4.02. The van der Waals surface area contributed by atoms with Crippen LogP contribution in [-0.4, -0.2) is 15.3 Å². The van der Waals surface area contributed by atoms with Gasteiger partial charge < -0.3 is 4.57 Å². The number of nitrogens with zero attached hydrogens (tertiary/aromatic N) is 2. The summed E-state index contributed by atoms with van der Waals surface area (Å²) < 4.78 is 1.77. The molecule has 0 bridgehead atoms. The van der Waals surface area contributed by atoms with Crippen LogP contribution in [0.1, 0.15) is 21.9 Å². The summed E-state index contributed by atoms with van der Waals surface area (Å²) in [5.41, 5.74) is 1.20. The zero-order valence-corrected chi connectivity index (χ0v) is 9.82. The van der Waals surface area contributed by atoms with E-state index in [2.05, 4.69) is 4.98 Å². The number of ketones is 1. The van der Waals surface area contributed by atoms with Crippen molar-refractivity contribution in [2.45, 2.75) is 6.92 Å². The fraction of sp³-hybridized carbons (Fsp3) is 0.167. The Bertz CT molecular complexity index is 528. The van der Waals surface area contributed by atoms with Gasteiger partial charge in [0, 0.05) is 17.6 Å². The largest absolute Gasteiger partial charge is 0.329 e. The summed E-state index contributed by atoms with van der Waals surface area (Å²) in [4.78, 5) is 16.2. The van der Waals surface area contributed by atoms with E-state index in [4.69, 9.17) is 11.6 Å². The molecule has 0 N–H and O–H groups in total. The van der Waals surface area contributed by atoms with Gasteiger partial charge in [0.15, 0.2) is 0 Å². The van der Waals surface area contributed by atoms with Crippen molar-refractivity contribution in [2.24, 2.45) is 7.05 Å². The van der Waals surface area contributed by atoms with E-state index in [0.29, 0.717) is 16.3 Å². The number of rotatable bonds is 2. The summed E-state index contributed by atoms with van der Waals surface area (Å²) in [5.74, 6) is 0.775. The fourth-order valence-corrected chi connectivity index (χ4v) is 1.59. The maximum absolute atomic E-state index is 12.1. The molecule has 0 amide bonds. The topological polar surface area (TPSA) is 34.9 Å². The molecular weight excluding hydrogens is 224 g/mol. The van der Waals surface area contributed by atoms with Gasteiger partial charge in [-0.05, 0) is 31.2 Å². The van der Waals surface area contributed by atoms with Crippen LogP contribution in [0.5, 0.6) is 0 Å². The molecule has 1 aromatic carbocycles. The molecule has 2 aromatic rings. The molecule has 0 radical (unpaired) electrons. The summed E-state index contributed by atoms with van der Waals surface area (Å²) in [6, 6.07) is 6.84. The minimum Gasteiger partial charge on any atom is -0.329 e. The molecule has 0 aliphatic rings. The first-order valence-electron chi connectivity index (χ1n) is 4.88. The molecule has 1 aromatic heterocycles. The Hall–Kier alpha value is -1.61. The van der Waals surface area contributed by atoms with Crippen LogP contribution in [0, 0.1) is 6.92 Å². The maximum atomic E-state index is 12.1. The van der Waals surface area contributed by atoms with Crippen LogP contribution in [0.25, 0.3) is 0 Å². The highest BCUT2D eigenvalue weighted by atomic mass is 35.5. The quantitative estimate of drug-likeness (QED) is 0.749. The number of aromatic nitrogens is 2. The lowest BCUT2D eigenvalue weighted by atomic mass is 10.1. The van der Waals surface area contributed by atoms with Crippen molar-refractivity contribution >= 4 is 17.4 Å². The summed E-state index contributed by atoms with van der Waals surface area (Å²) >= 11 is 5.77. The van der Waals surface area contributed by atoms with E-state index in [0.717, 1.165) is 5.82 Å². The number of hydrogen-bond donors (Lipinski definition) is 0. The number of benzene rings is 1. The summed E-state index contributed by atoms with van der Waals surface area (Å²) in [5, 5.41) is 0.623. The zero-order valence-electron chi connectivity index (χ0n) is 9.07. The minimum atomic E-state index is -0.0419. The van der Waals surface area contributed by atoms with Gasteiger partial charge in [-0.3, -0.25) is 4.79 Å². The highest BCUT2D eigenvalue weighted by molar-refractivity contribution is 6.30. The monoisotopic (exact) mass is 234 g/mol. The van der Waals surface area contributed by atoms with E-state index >= 15 is 0 Å². The molecule has 1 heterocycles. The van der Waals surface area contributed by atoms with Crippen LogP contribution in [-0.2, 0) is 7.05 Å². The van der Waals surface area contributed by atoms with E-state index in [1.54, 1.807) is 35.0 Å². The predicted molar refractivity (Wildman–Crippen MR) is 62.8 cm³/mol. The Morgan fingerprint density at radius 3 is 2.44 bits per heavy atom. The maximum Gasteiger partial charge on any atom is 0.211 e. The SMILES string of the molecule is Cc1ncc(C(=O)c2ccc(Cl)cc2)n1C. The Balaban J connectivity index is 2.39. The Labute approximate surface area is 98.7 Å². The lowest BCUT2D eigenvalue weighted by Gasteiger charge is -2.03. The molecule has 0 unspecified atom stereocenters. The fourth-order valence-electron chi connectivity index (χ4n) is 1.46. The van der Waals surface area contributed by atoms with E-state index < -0.39 is 0 Å². The van der Waals surface area contributed by atoms with Gasteiger partial charge in [0.1, 0.15) is 11.5 Å². The van der Waals surface area contributed by atoms with Gasteiger partial charge in [-0.1, -0.05) is 11.6 Å². The van der Waals surface area contributed by atoms with Crippen molar-refractivity contribution < 1.29 is 4.79 Å². The van der Waals surface area contributed by atoms with Gasteiger partial charge in [-0.2, -0.15) is 0 Å². The molecule has 0 fully saturated rings. The summed E-state index contributed by atoms with van der Waals surface area (Å²) in [6.07, 6.45) is 1.59. The minimum absolute atomic E-state index is 0.0419. The molecule has 0 saturated carbocycles. The third kappa shape index (κ3) is 1.86. The van der Waals surface area contributed by atoms with E-state index in [9.17, 15) is 4.79 Å². The number of hydrogen-bond acceptors (Lipinski definition) is 2. The third-order valence-electron chi connectivity index (χ3n) is 2.56. The molecule has 4 heteroatoms. The lowest BCUT2D eigenvalue weighted by molar-refractivity contribution is 0.103. The van der Waals surface area contributed by atoms with Crippen LogP contribution in [0.2, 0.25) is 5.02 Å². The first-order valence-corrected chi connectivity index (χ1v) is 5.26. The average molecular weight is 235 g/mol. The van der Waals surface area contributed by atoms with Gasteiger partial charge in [-0.15, -0.1) is 0 Å². The normalized spacial score (nSPS) is 10.4. The number of carbonyl (C=O) groups is 1. The molecular formula is C12H11ClN2O. The summed E-state index contributed by atoms with van der Waals surface area (Å²) in [7, 11) is 1.82. The van der Waals surface area contributed by atoms with Crippen LogP contribution < -0.4 is 0 Å². The molecule has 16 heavy (non-hydrogen) atoms. The first-order chi connectivity index (χ1) is 7.59. The van der Waals surface area contributed by atoms with E-state index in [1.165, 1.54) is 0 Å². The van der Waals surface area contributed by atoms with Crippen molar-refractivity contribution in [3.05, 3.63) is 52.6 Å². The van der Waals surface area contributed by atoms with Gasteiger partial charge in [-0.25, -0.2) is 4.98 Å². The van der Waals surface area contributed by atoms with E-state index in [-0.39, 0.29) is 5.78 Å². The molecule has 2 rings (SSSR count). The van der Waals surface area contributed by atoms with Gasteiger partial charge in [0.25, 0.3) is 0 Å². The number of carbonyl (C=O) groups excluding carboxylic acids is 1. The molecule has 0 atom stereocenters. The number of halogens is 1. The van der Waals surface area contributed by atoms with Crippen LogP contribution in [0.4, 0.5) is 0 Å². The van der Waals surface area contributed by atoms with Gasteiger partial charge >= 0.3 is 0 Å². The highest BCUT2D eigenvalue weighted by Gasteiger charge is 2.13. The second kappa shape index (κ2) is 4.10. The highest BCUT2D eigenvalue weighted by Crippen LogP contribution is 2.14. The van der Waals surface area contributed by atoms with Crippen molar-refractivity contribution in [2.75, 3.05) is 0 Å². The number of imidazole rings is 1. The predicted octanol–water partition coefficient (Wildman–Crippen LogP) is 2.61. The molecule has 82 valence electrons. The van der Waals surface area contributed by atoms with Crippen molar-refractivity contribution in [3.8, 4) is 0 Å². The standard InChI is InChI=1S/C12H11ClN2O/c1-8-14-7-11(15(8)2)12(16)9-3-5-10(13)6-4-9/h3-7H,1-2H3. The van der Waals surface area contributed by atoms with Crippen molar-refractivity contribution in [1.29, 1.82) is 0 Å².